The van der Waals surface area contributed by atoms with Crippen molar-refractivity contribution in [2.75, 3.05) is 4.90 Å². The molecule has 2 aromatic carbocycles. The van der Waals surface area contributed by atoms with Crippen LogP contribution in [0.25, 0.3) is 11.1 Å². The molecule has 4 rings (SSSR count). The van der Waals surface area contributed by atoms with E-state index in [1.807, 2.05) is 11.0 Å². The Kier molecular flexibility index (Phi) is 3.53. The highest BCUT2D eigenvalue weighted by Crippen LogP contribution is 2.44. The van der Waals surface area contributed by atoms with Gasteiger partial charge in [0.15, 0.2) is 0 Å². The van der Waals surface area contributed by atoms with E-state index in [0.29, 0.717) is 6.54 Å². The summed E-state index contributed by atoms with van der Waals surface area (Å²) in [5, 5.41) is 0. The summed E-state index contributed by atoms with van der Waals surface area (Å²) in [5.74, 6) is 0.104. The molecule has 0 unspecified atom stereocenters. The van der Waals surface area contributed by atoms with Crippen LogP contribution in [0.15, 0.2) is 48.5 Å². The number of nitrogens with zero attached hydrogens (tertiary/aromatic N) is 1. The molecule has 0 saturated carbocycles. The third-order valence-corrected chi connectivity index (χ3v) is 5.04. The number of anilines is 1. The first-order chi connectivity index (χ1) is 11.3. The highest BCUT2D eigenvalue weighted by molar-refractivity contribution is 6.01. The van der Waals surface area contributed by atoms with Crippen LogP contribution in [0.3, 0.4) is 0 Å². The van der Waals surface area contributed by atoms with Gasteiger partial charge in [-0.1, -0.05) is 42.5 Å². The van der Waals surface area contributed by atoms with Gasteiger partial charge in [-0.3, -0.25) is 4.79 Å². The quantitative estimate of drug-likeness (QED) is 0.668. The van der Waals surface area contributed by atoms with Crippen molar-refractivity contribution in [1.29, 1.82) is 0 Å². The topological polar surface area (TPSA) is 20.3 Å². The van der Waals surface area contributed by atoms with Crippen LogP contribution < -0.4 is 4.90 Å². The summed E-state index contributed by atoms with van der Waals surface area (Å²) in [6.45, 7) is 2.32. The van der Waals surface area contributed by atoms with Gasteiger partial charge in [0.2, 0.25) is 5.91 Å². The standard InChI is InChI=1S/C21H21NO/c1-15(23)22-14-16-8-2-3-9-17(16)18-10-4-5-11-19(18)20-12-6-7-13-21(20)22/h2-3,6-9,12-13H,4-5,10-11,14H2,1H3. The Bertz CT molecular complexity index is 803. The van der Waals surface area contributed by atoms with E-state index in [0.717, 1.165) is 18.5 Å². The monoisotopic (exact) mass is 303 g/mol. The normalized spacial score (nSPS) is 16.8. The molecule has 0 N–H and O–H groups in total. The molecule has 116 valence electrons. The first-order valence-electron chi connectivity index (χ1n) is 8.43. The van der Waals surface area contributed by atoms with E-state index in [2.05, 4.69) is 42.5 Å². The van der Waals surface area contributed by atoms with Gasteiger partial charge in [-0.25, -0.2) is 0 Å². The number of rotatable bonds is 0. The van der Waals surface area contributed by atoms with Crippen molar-refractivity contribution in [2.45, 2.75) is 39.2 Å². The summed E-state index contributed by atoms with van der Waals surface area (Å²) in [6, 6.07) is 17.0. The van der Waals surface area contributed by atoms with Gasteiger partial charge in [0, 0.05) is 12.5 Å². The van der Waals surface area contributed by atoms with E-state index >= 15 is 0 Å². The summed E-state index contributed by atoms with van der Waals surface area (Å²) in [6.07, 6.45) is 4.73. The second kappa shape index (κ2) is 5.69. The number of hydrogen-bond donors (Lipinski definition) is 0. The van der Waals surface area contributed by atoms with Crippen LogP contribution in [0.2, 0.25) is 0 Å². The number of fused-ring (bicyclic) bond motifs is 4. The minimum Gasteiger partial charge on any atom is -0.308 e. The van der Waals surface area contributed by atoms with Crippen molar-refractivity contribution < 1.29 is 4.79 Å². The van der Waals surface area contributed by atoms with Gasteiger partial charge >= 0.3 is 0 Å². The third kappa shape index (κ3) is 2.39. The zero-order valence-electron chi connectivity index (χ0n) is 13.5. The lowest BCUT2D eigenvalue weighted by Gasteiger charge is -2.32. The second-order valence-electron chi connectivity index (χ2n) is 6.44. The predicted octanol–water partition coefficient (Wildman–Crippen LogP) is 5.04. The highest BCUT2D eigenvalue weighted by atomic mass is 16.2. The molecular weight excluding hydrogens is 282 g/mol. The number of hydrogen-bond acceptors (Lipinski definition) is 1. The summed E-state index contributed by atoms with van der Waals surface area (Å²) in [5.41, 5.74) is 7.82. The van der Waals surface area contributed by atoms with Crippen LogP contribution in [0.4, 0.5) is 5.69 Å². The van der Waals surface area contributed by atoms with Crippen LogP contribution >= 0.6 is 0 Å². The van der Waals surface area contributed by atoms with Crippen molar-refractivity contribution >= 4 is 22.7 Å². The molecule has 0 radical (unpaired) electrons. The molecule has 2 aromatic rings. The smallest absolute Gasteiger partial charge is 0.224 e. The minimum absolute atomic E-state index is 0.104. The lowest BCUT2D eigenvalue weighted by Crippen LogP contribution is -2.30. The van der Waals surface area contributed by atoms with Gasteiger partial charge in [0.1, 0.15) is 0 Å². The highest BCUT2D eigenvalue weighted by Gasteiger charge is 2.26. The molecule has 1 aliphatic heterocycles. The zero-order chi connectivity index (χ0) is 15.8. The lowest BCUT2D eigenvalue weighted by atomic mass is 9.81. The summed E-state index contributed by atoms with van der Waals surface area (Å²) >= 11 is 0. The second-order valence-corrected chi connectivity index (χ2v) is 6.44. The van der Waals surface area contributed by atoms with Gasteiger partial charge < -0.3 is 4.90 Å². The zero-order valence-corrected chi connectivity index (χ0v) is 13.5. The van der Waals surface area contributed by atoms with Gasteiger partial charge in [-0.15, -0.1) is 0 Å². The first-order valence-corrected chi connectivity index (χ1v) is 8.43. The first kappa shape index (κ1) is 14.3. The van der Waals surface area contributed by atoms with Crippen molar-refractivity contribution in [3.05, 3.63) is 65.2 Å². The average Bonchev–Trinajstić information content (AvgIpc) is 2.58. The number of amides is 1. The molecule has 1 aliphatic carbocycles. The number of carbonyl (C=O) groups excluding carboxylic acids is 1. The Balaban J connectivity index is 2.04. The Hall–Kier alpha value is -2.35. The molecule has 0 bridgehead atoms. The molecule has 1 amide bonds. The Labute approximate surface area is 137 Å². The third-order valence-electron chi connectivity index (χ3n) is 5.04. The van der Waals surface area contributed by atoms with Crippen molar-refractivity contribution in [3.63, 3.8) is 0 Å². The molecule has 0 saturated heterocycles. The van der Waals surface area contributed by atoms with E-state index in [1.165, 1.54) is 40.7 Å². The molecular formula is C21H21NO. The fourth-order valence-electron chi connectivity index (χ4n) is 3.95. The van der Waals surface area contributed by atoms with Gasteiger partial charge in [0.05, 0.1) is 12.2 Å². The van der Waals surface area contributed by atoms with Crippen LogP contribution in [-0.2, 0) is 11.3 Å². The van der Waals surface area contributed by atoms with E-state index in [-0.39, 0.29) is 5.91 Å². The molecule has 1 heterocycles. The maximum absolute atomic E-state index is 12.3. The van der Waals surface area contributed by atoms with Crippen LogP contribution in [0.1, 0.15) is 49.3 Å². The molecule has 2 heteroatoms. The van der Waals surface area contributed by atoms with Crippen LogP contribution in [0, 0.1) is 0 Å². The Morgan fingerprint density at radius 3 is 2.22 bits per heavy atom. The molecule has 0 fully saturated rings. The van der Waals surface area contributed by atoms with E-state index in [9.17, 15) is 4.79 Å². The molecule has 0 aromatic heterocycles. The molecule has 0 spiro atoms. The average molecular weight is 303 g/mol. The minimum atomic E-state index is 0.104. The number of carbonyl (C=O) groups is 1. The van der Waals surface area contributed by atoms with Crippen molar-refractivity contribution in [2.24, 2.45) is 0 Å². The van der Waals surface area contributed by atoms with Crippen LogP contribution in [0.5, 0.6) is 0 Å². The van der Waals surface area contributed by atoms with Gasteiger partial charge in [-0.05, 0) is 54.0 Å². The maximum Gasteiger partial charge on any atom is 0.224 e. The van der Waals surface area contributed by atoms with E-state index < -0.39 is 0 Å². The van der Waals surface area contributed by atoms with Crippen LogP contribution in [-0.4, -0.2) is 5.91 Å². The SMILES string of the molecule is CC(=O)N1Cc2ccccc2C2=C(CCCC2)c2ccccc21. The molecule has 2 aliphatic rings. The number of benzene rings is 2. The lowest BCUT2D eigenvalue weighted by molar-refractivity contribution is -0.116. The van der Waals surface area contributed by atoms with Gasteiger partial charge in [0.25, 0.3) is 0 Å². The number of allylic oxidation sites excluding steroid dienone is 2. The molecule has 0 atom stereocenters. The van der Waals surface area contributed by atoms with Crippen molar-refractivity contribution in [3.8, 4) is 0 Å². The fourth-order valence-corrected chi connectivity index (χ4v) is 3.95. The Morgan fingerprint density at radius 2 is 1.48 bits per heavy atom. The van der Waals surface area contributed by atoms with E-state index in [4.69, 9.17) is 0 Å². The predicted molar refractivity (Wildman–Crippen MR) is 95.0 cm³/mol. The van der Waals surface area contributed by atoms with E-state index in [1.54, 1.807) is 6.92 Å². The largest absolute Gasteiger partial charge is 0.308 e. The summed E-state index contributed by atoms with van der Waals surface area (Å²) in [4.78, 5) is 14.2. The number of para-hydroxylation sites is 1. The molecule has 2 nitrogen and oxygen atoms in total. The Morgan fingerprint density at radius 1 is 0.870 bits per heavy atom. The maximum atomic E-state index is 12.3. The summed E-state index contributed by atoms with van der Waals surface area (Å²) < 4.78 is 0. The summed E-state index contributed by atoms with van der Waals surface area (Å²) in [7, 11) is 0. The van der Waals surface area contributed by atoms with Gasteiger partial charge in [-0.2, -0.15) is 0 Å². The van der Waals surface area contributed by atoms with Crippen molar-refractivity contribution in [1.82, 2.24) is 0 Å². The fraction of sp³-hybridized carbons (Fsp3) is 0.286. The molecule has 23 heavy (non-hydrogen) atoms.